The van der Waals surface area contributed by atoms with Crippen LogP contribution >= 0.6 is 0 Å². The monoisotopic (exact) mass is 364 g/mol. The SMILES string of the molecule is CC(C)[C@H]1COC(CN2CCCN(CC3=N[C@@H](C(C)C)CO3)CCC2)=N1. The standard InChI is InChI=1S/C20H36N4O2/c1-15(2)17-13-25-19(21-17)11-23-7-5-9-24(10-6-8-23)12-20-22-18(14-26-20)16(3)4/h15-18H,5-14H2,1-4H3/t17-,18-/m1/s1. The molecule has 3 rings (SSSR count). The van der Waals surface area contributed by atoms with E-state index in [1.165, 1.54) is 12.8 Å². The molecule has 0 aromatic carbocycles. The zero-order valence-corrected chi connectivity index (χ0v) is 17.0. The molecule has 0 aromatic heterocycles. The molecule has 1 saturated heterocycles. The quantitative estimate of drug-likeness (QED) is 0.726. The fourth-order valence-corrected chi connectivity index (χ4v) is 3.70. The van der Waals surface area contributed by atoms with Crippen LogP contribution < -0.4 is 0 Å². The van der Waals surface area contributed by atoms with E-state index in [-0.39, 0.29) is 0 Å². The van der Waals surface area contributed by atoms with Crippen molar-refractivity contribution in [2.45, 2.75) is 52.6 Å². The molecule has 26 heavy (non-hydrogen) atoms. The Morgan fingerprint density at radius 3 is 1.46 bits per heavy atom. The van der Waals surface area contributed by atoms with Crippen molar-refractivity contribution in [2.24, 2.45) is 21.8 Å². The molecule has 1 fully saturated rings. The third kappa shape index (κ3) is 5.43. The smallest absolute Gasteiger partial charge is 0.198 e. The van der Waals surface area contributed by atoms with Crippen LogP contribution in [-0.4, -0.2) is 86.2 Å². The van der Waals surface area contributed by atoms with Gasteiger partial charge in [0.25, 0.3) is 0 Å². The molecule has 3 aliphatic rings. The first-order valence-corrected chi connectivity index (χ1v) is 10.3. The minimum atomic E-state index is 0.345. The predicted octanol–water partition coefficient (Wildman–Crippen LogP) is 2.29. The molecule has 6 heteroatoms. The van der Waals surface area contributed by atoms with E-state index in [2.05, 4.69) is 37.5 Å². The predicted molar refractivity (Wildman–Crippen MR) is 106 cm³/mol. The van der Waals surface area contributed by atoms with Crippen molar-refractivity contribution in [3.63, 3.8) is 0 Å². The molecule has 0 bridgehead atoms. The van der Waals surface area contributed by atoms with E-state index >= 15 is 0 Å². The molecule has 3 aliphatic heterocycles. The zero-order chi connectivity index (χ0) is 18.5. The molecule has 0 radical (unpaired) electrons. The Labute approximate surface area is 158 Å². The minimum Gasteiger partial charge on any atom is -0.478 e. The van der Waals surface area contributed by atoms with Gasteiger partial charge in [0.1, 0.15) is 13.2 Å². The van der Waals surface area contributed by atoms with Crippen LogP contribution in [0, 0.1) is 11.8 Å². The second-order valence-corrected chi connectivity index (χ2v) is 8.55. The summed E-state index contributed by atoms with van der Waals surface area (Å²) < 4.78 is 11.6. The zero-order valence-electron chi connectivity index (χ0n) is 17.0. The second-order valence-electron chi connectivity index (χ2n) is 8.55. The van der Waals surface area contributed by atoms with Crippen LogP contribution in [0.4, 0.5) is 0 Å². The summed E-state index contributed by atoms with van der Waals surface area (Å²) in [7, 11) is 0. The normalized spacial score (nSPS) is 28.5. The van der Waals surface area contributed by atoms with Crippen LogP contribution in [-0.2, 0) is 9.47 Å². The van der Waals surface area contributed by atoms with Gasteiger partial charge >= 0.3 is 0 Å². The summed E-state index contributed by atoms with van der Waals surface area (Å²) in [6.07, 6.45) is 2.34. The average molecular weight is 365 g/mol. The van der Waals surface area contributed by atoms with Crippen LogP contribution in [0.2, 0.25) is 0 Å². The van der Waals surface area contributed by atoms with Crippen LogP contribution in [0.5, 0.6) is 0 Å². The minimum absolute atomic E-state index is 0.345. The Bertz CT molecular complexity index is 464. The van der Waals surface area contributed by atoms with Gasteiger partial charge in [-0.1, -0.05) is 27.7 Å². The van der Waals surface area contributed by atoms with Crippen molar-refractivity contribution in [2.75, 3.05) is 52.5 Å². The van der Waals surface area contributed by atoms with Gasteiger partial charge in [-0.15, -0.1) is 0 Å². The Kier molecular flexibility index (Phi) is 6.92. The highest BCUT2D eigenvalue weighted by atomic mass is 16.5. The third-order valence-electron chi connectivity index (χ3n) is 5.62. The van der Waals surface area contributed by atoms with Gasteiger partial charge in [0.15, 0.2) is 11.8 Å². The van der Waals surface area contributed by atoms with Crippen molar-refractivity contribution in [1.29, 1.82) is 0 Å². The van der Waals surface area contributed by atoms with Crippen LogP contribution in [0.25, 0.3) is 0 Å². The molecule has 0 amide bonds. The number of hydrogen-bond acceptors (Lipinski definition) is 6. The van der Waals surface area contributed by atoms with Crippen LogP contribution in [0.15, 0.2) is 9.98 Å². The summed E-state index contributed by atoms with van der Waals surface area (Å²) in [6.45, 7) is 16.5. The molecular weight excluding hydrogens is 328 g/mol. The average Bonchev–Trinajstić information content (AvgIpc) is 3.21. The van der Waals surface area contributed by atoms with E-state index < -0.39 is 0 Å². The van der Waals surface area contributed by atoms with E-state index in [1.807, 2.05) is 0 Å². The molecule has 0 spiro atoms. The van der Waals surface area contributed by atoms with Crippen molar-refractivity contribution < 1.29 is 9.47 Å². The Balaban J connectivity index is 1.42. The maximum atomic E-state index is 5.81. The topological polar surface area (TPSA) is 49.7 Å². The third-order valence-corrected chi connectivity index (χ3v) is 5.62. The van der Waals surface area contributed by atoms with E-state index in [4.69, 9.17) is 19.5 Å². The first-order valence-electron chi connectivity index (χ1n) is 10.3. The Hall–Kier alpha value is -1.14. The fraction of sp³-hybridized carbons (Fsp3) is 0.900. The van der Waals surface area contributed by atoms with E-state index in [9.17, 15) is 0 Å². The van der Waals surface area contributed by atoms with Gasteiger partial charge in [0.2, 0.25) is 0 Å². The lowest BCUT2D eigenvalue weighted by Gasteiger charge is -2.29. The molecule has 0 saturated carbocycles. The number of hydrogen-bond donors (Lipinski definition) is 0. The van der Waals surface area contributed by atoms with Crippen LogP contribution in [0.1, 0.15) is 40.5 Å². The van der Waals surface area contributed by atoms with Gasteiger partial charge in [-0.25, -0.2) is 9.98 Å². The second kappa shape index (κ2) is 9.18. The summed E-state index contributed by atoms with van der Waals surface area (Å²) in [5.41, 5.74) is 0. The summed E-state index contributed by atoms with van der Waals surface area (Å²) in [6, 6.07) is 0.689. The van der Waals surface area contributed by atoms with E-state index in [0.29, 0.717) is 23.9 Å². The lowest BCUT2D eigenvalue weighted by molar-refractivity contribution is 0.192. The molecule has 148 valence electrons. The summed E-state index contributed by atoms with van der Waals surface area (Å²) in [5.74, 6) is 3.00. The number of nitrogens with zero attached hydrogens (tertiary/aromatic N) is 4. The molecule has 6 nitrogen and oxygen atoms in total. The molecule has 0 unspecified atom stereocenters. The Morgan fingerprint density at radius 1 is 0.769 bits per heavy atom. The van der Waals surface area contributed by atoms with Gasteiger partial charge in [0, 0.05) is 0 Å². The number of aliphatic imine (C=N–C) groups is 2. The van der Waals surface area contributed by atoms with Gasteiger partial charge in [-0.05, 0) is 50.9 Å². The van der Waals surface area contributed by atoms with Crippen molar-refractivity contribution in [1.82, 2.24) is 9.80 Å². The van der Waals surface area contributed by atoms with Gasteiger partial charge < -0.3 is 9.47 Å². The summed E-state index contributed by atoms with van der Waals surface area (Å²) >= 11 is 0. The van der Waals surface area contributed by atoms with E-state index in [1.54, 1.807) is 0 Å². The summed E-state index contributed by atoms with van der Waals surface area (Å²) in [5, 5.41) is 0. The molecule has 2 atom stereocenters. The van der Waals surface area contributed by atoms with Crippen molar-refractivity contribution >= 4 is 11.8 Å². The fourth-order valence-electron chi connectivity index (χ4n) is 3.70. The Morgan fingerprint density at radius 2 is 1.15 bits per heavy atom. The summed E-state index contributed by atoms with van der Waals surface area (Å²) in [4.78, 5) is 14.5. The first-order chi connectivity index (χ1) is 12.5. The van der Waals surface area contributed by atoms with E-state index in [0.717, 1.165) is 64.3 Å². The first kappa shape index (κ1) is 19.6. The number of ether oxygens (including phenoxy) is 2. The maximum absolute atomic E-state index is 5.81. The maximum Gasteiger partial charge on any atom is 0.198 e. The lowest BCUT2D eigenvalue weighted by atomic mass is 10.1. The van der Waals surface area contributed by atoms with Crippen molar-refractivity contribution in [3.05, 3.63) is 0 Å². The highest BCUT2D eigenvalue weighted by Crippen LogP contribution is 2.16. The molecule has 0 aromatic rings. The molecule has 0 aliphatic carbocycles. The largest absolute Gasteiger partial charge is 0.478 e. The lowest BCUT2D eigenvalue weighted by Crippen LogP contribution is -2.40. The number of rotatable bonds is 6. The van der Waals surface area contributed by atoms with Gasteiger partial charge in [0.05, 0.1) is 25.2 Å². The highest BCUT2D eigenvalue weighted by Gasteiger charge is 2.25. The molecule has 3 heterocycles. The highest BCUT2D eigenvalue weighted by molar-refractivity contribution is 5.80. The molecule has 0 N–H and O–H groups in total. The van der Waals surface area contributed by atoms with Crippen LogP contribution in [0.3, 0.4) is 0 Å². The van der Waals surface area contributed by atoms with Gasteiger partial charge in [-0.3, -0.25) is 9.80 Å². The van der Waals surface area contributed by atoms with Crippen molar-refractivity contribution in [3.8, 4) is 0 Å². The van der Waals surface area contributed by atoms with Gasteiger partial charge in [-0.2, -0.15) is 0 Å². The molecular formula is C20H36N4O2.